The molecule has 0 bridgehead atoms. The summed E-state index contributed by atoms with van der Waals surface area (Å²) in [5, 5.41) is 0. The molecule has 7 heteroatoms. The zero-order valence-corrected chi connectivity index (χ0v) is 4.78. The third-order valence-electron chi connectivity index (χ3n) is 0.858. The van der Waals surface area contributed by atoms with Crippen molar-refractivity contribution < 1.29 is 31.4 Å². The van der Waals surface area contributed by atoms with Gasteiger partial charge in [-0.15, -0.1) is 0 Å². The van der Waals surface area contributed by atoms with E-state index in [0.29, 0.717) is 0 Å². The zero-order chi connectivity index (χ0) is 8.65. The number of halogens is 5. The van der Waals surface area contributed by atoms with Crippen LogP contribution in [0.5, 0.6) is 0 Å². The molecule has 1 atom stereocenters. The highest BCUT2D eigenvalue weighted by Crippen LogP contribution is 2.37. The molecule has 11 heavy (non-hydrogen) atoms. The fourth-order valence-corrected chi connectivity index (χ4v) is 0.440. The predicted molar refractivity (Wildman–Crippen MR) is 21.3 cm³/mol. The van der Waals surface area contributed by atoms with E-state index in [1.54, 1.807) is 0 Å². The van der Waals surface area contributed by atoms with E-state index < -0.39 is 24.5 Å². The van der Waals surface area contributed by atoms with Gasteiger partial charge in [0.15, 0.2) is 0 Å². The molecule has 1 aliphatic heterocycles. The van der Waals surface area contributed by atoms with Crippen molar-refractivity contribution >= 4 is 0 Å². The van der Waals surface area contributed by atoms with Crippen molar-refractivity contribution in [2.75, 3.05) is 0 Å². The van der Waals surface area contributed by atoms with Crippen molar-refractivity contribution in [2.24, 2.45) is 0 Å². The number of rotatable bonds is 0. The molecule has 1 heterocycles. The van der Waals surface area contributed by atoms with Crippen LogP contribution in [0.3, 0.4) is 0 Å². The van der Waals surface area contributed by atoms with Crippen LogP contribution in [0, 0.1) is 0 Å². The first-order valence-corrected chi connectivity index (χ1v) is 2.36. The average Bonchev–Trinajstić information content (AvgIpc) is 2.08. The molecule has 2 nitrogen and oxygen atoms in total. The minimum absolute atomic E-state index is 1.76. The van der Waals surface area contributed by atoms with E-state index in [2.05, 4.69) is 9.47 Å². The lowest BCUT2D eigenvalue weighted by molar-refractivity contribution is -0.234. The monoisotopic (exact) mass is 176 g/mol. The van der Waals surface area contributed by atoms with Crippen LogP contribution in [0.2, 0.25) is 0 Å². The van der Waals surface area contributed by atoms with Crippen LogP contribution in [0.4, 0.5) is 22.0 Å². The molecular weight excluding hydrogens is 175 g/mol. The van der Waals surface area contributed by atoms with Gasteiger partial charge in [-0.3, -0.25) is 0 Å². The van der Waals surface area contributed by atoms with E-state index in [0.717, 1.165) is 0 Å². The largest absolute Gasteiger partial charge is 0.470 e. The van der Waals surface area contributed by atoms with Gasteiger partial charge in [0.05, 0.1) is 0 Å². The number of alkyl halides is 3. The standard InChI is InChI=1S/C4HF5O2/c5-1(6)2-10-3(7)4(8,9)11-2/h3H. The van der Waals surface area contributed by atoms with Crippen molar-refractivity contribution in [2.45, 2.75) is 12.5 Å². The maximum atomic E-state index is 11.9. The molecule has 64 valence electrons. The normalized spacial score (nSPS) is 27.7. The van der Waals surface area contributed by atoms with E-state index >= 15 is 0 Å². The number of hydrogen-bond acceptors (Lipinski definition) is 2. The summed E-state index contributed by atoms with van der Waals surface area (Å²) < 4.78 is 64.8. The Morgan fingerprint density at radius 1 is 1.36 bits per heavy atom. The Hall–Kier alpha value is -1.01. The highest BCUT2D eigenvalue weighted by molar-refractivity contribution is 4.90. The van der Waals surface area contributed by atoms with Gasteiger partial charge in [0, 0.05) is 0 Å². The summed E-state index contributed by atoms with van der Waals surface area (Å²) in [5.41, 5.74) is 0. The van der Waals surface area contributed by atoms with Gasteiger partial charge in [-0.2, -0.15) is 22.0 Å². The van der Waals surface area contributed by atoms with Gasteiger partial charge in [0.1, 0.15) is 0 Å². The van der Waals surface area contributed by atoms with Crippen LogP contribution in [-0.4, -0.2) is 12.5 Å². The minimum atomic E-state index is -4.32. The summed E-state index contributed by atoms with van der Waals surface area (Å²) in [6, 6.07) is 0. The molecule has 0 aromatic heterocycles. The molecule has 1 aliphatic rings. The quantitative estimate of drug-likeness (QED) is 0.525. The lowest BCUT2D eigenvalue weighted by Gasteiger charge is -2.04. The molecular formula is C4HF5O2. The van der Waals surface area contributed by atoms with E-state index in [4.69, 9.17) is 0 Å². The minimum Gasteiger partial charge on any atom is -0.416 e. The Balaban J connectivity index is 2.80. The topological polar surface area (TPSA) is 18.5 Å². The molecule has 1 saturated heterocycles. The average molecular weight is 176 g/mol. The highest BCUT2D eigenvalue weighted by atomic mass is 19.3. The summed E-state index contributed by atoms with van der Waals surface area (Å²) in [6.45, 7) is 0. The third-order valence-corrected chi connectivity index (χ3v) is 0.858. The van der Waals surface area contributed by atoms with Crippen LogP contribution in [0.1, 0.15) is 0 Å². The Labute approximate surface area is 57.2 Å². The van der Waals surface area contributed by atoms with Gasteiger partial charge in [-0.05, 0) is 0 Å². The van der Waals surface area contributed by atoms with Crippen molar-refractivity contribution in [3.05, 3.63) is 12.0 Å². The molecule has 0 aromatic rings. The molecule has 1 fully saturated rings. The first-order valence-electron chi connectivity index (χ1n) is 2.36. The van der Waals surface area contributed by atoms with E-state index in [1.807, 2.05) is 0 Å². The molecule has 0 radical (unpaired) electrons. The van der Waals surface area contributed by atoms with E-state index in [9.17, 15) is 22.0 Å². The Morgan fingerprint density at radius 3 is 2.09 bits per heavy atom. The van der Waals surface area contributed by atoms with Gasteiger partial charge in [-0.1, -0.05) is 0 Å². The van der Waals surface area contributed by atoms with Gasteiger partial charge < -0.3 is 9.47 Å². The fourth-order valence-electron chi connectivity index (χ4n) is 0.440. The van der Waals surface area contributed by atoms with Crippen LogP contribution < -0.4 is 0 Å². The first kappa shape index (κ1) is 8.09. The summed E-state index contributed by atoms with van der Waals surface area (Å²) >= 11 is 0. The fraction of sp³-hybridized carbons (Fsp3) is 0.500. The molecule has 0 amide bonds. The molecule has 0 saturated carbocycles. The van der Waals surface area contributed by atoms with Gasteiger partial charge >= 0.3 is 24.5 Å². The summed E-state index contributed by atoms with van der Waals surface area (Å²) in [7, 11) is 0. The van der Waals surface area contributed by atoms with E-state index in [-0.39, 0.29) is 0 Å². The first-order chi connectivity index (χ1) is 4.93. The van der Waals surface area contributed by atoms with Crippen LogP contribution in [-0.2, 0) is 9.47 Å². The van der Waals surface area contributed by atoms with Crippen molar-refractivity contribution in [3.63, 3.8) is 0 Å². The van der Waals surface area contributed by atoms with Crippen LogP contribution in [0.15, 0.2) is 12.0 Å². The number of ether oxygens (including phenoxy) is 2. The van der Waals surface area contributed by atoms with Crippen LogP contribution in [0.25, 0.3) is 0 Å². The summed E-state index contributed by atoms with van der Waals surface area (Å²) in [6.07, 6.45) is -10.1. The number of hydrogen-bond donors (Lipinski definition) is 0. The van der Waals surface area contributed by atoms with Gasteiger partial charge in [0.25, 0.3) is 0 Å². The SMILES string of the molecule is FC(F)=C1OC(F)C(F)(F)O1. The van der Waals surface area contributed by atoms with Crippen LogP contribution >= 0.6 is 0 Å². The second-order valence-corrected chi connectivity index (χ2v) is 1.65. The lowest BCUT2D eigenvalue weighted by Crippen LogP contribution is -2.25. The van der Waals surface area contributed by atoms with Gasteiger partial charge in [0.2, 0.25) is 0 Å². The highest BCUT2D eigenvalue weighted by Gasteiger charge is 2.54. The second kappa shape index (κ2) is 2.24. The zero-order valence-electron chi connectivity index (χ0n) is 4.78. The maximum Gasteiger partial charge on any atom is 0.470 e. The molecule has 1 unspecified atom stereocenters. The Morgan fingerprint density at radius 2 is 1.91 bits per heavy atom. The predicted octanol–water partition coefficient (Wildman–Crippen LogP) is 1.99. The lowest BCUT2D eigenvalue weighted by atomic mass is 10.6. The maximum absolute atomic E-state index is 11.9. The smallest absolute Gasteiger partial charge is 0.416 e. The van der Waals surface area contributed by atoms with Crippen molar-refractivity contribution in [1.29, 1.82) is 0 Å². The molecule has 0 N–H and O–H groups in total. The third kappa shape index (κ3) is 1.36. The van der Waals surface area contributed by atoms with Gasteiger partial charge in [-0.25, -0.2) is 0 Å². The van der Waals surface area contributed by atoms with Crippen molar-refractivity contribution in [1.82, 2.24) is 0 Å². The summed E-state index contributed by atoms with van der Waals surface area (Å²) in [4.78, 5) is 0. The molecule has 0 aromatic carbocycles. The summed E-state index contributed by atoms with van der Waals surface area (Å²) in [5.74, 6) is -1.76. The molecule has 0 spiro atoms. The Bertz CT molecular complexity index is 197. The molecule has 1 rings (SSSR count). The second-order valence-electron chi connectivity index (χ2n) is 1.65. The van der Waals surface area contributed by atoms with Crippen molar-refractivity contribution in [3.8, 4) is 0 Å². The molecule has 0 aliphatic carbocycles. The van der Waals surface area contributed by atoms with E-state index in [1.165, 1.54) is 0 Å². The Kier molecular flexibility index (Phi) is 1.65.